The molecule has 0 saturated heterocycles. The average molecular weight is 153 g/mol. The quantitative estimate of drug-likeness (QED) is 0.587. The molecule has 1 unspecified atom stereocenters. The second kappa shape index (κ2) is 2.65. The second-order valence-corrected chi connectivity index (χ2v) is 2.27. The standard InChI is InChI=1S/C7H7NO3/c1-4-5(7(10)11)2-3-6(9)8-4/h2-3,5H,1H3,(H,10,11). The summed E-state index contributed by atoms with van der Waals surface area (Å²) >= 11 is 0. The summed E-state index contributed by atoms with van der Waals surface area (Å²) in [7, 11) is 0. The van der Waals surface area contributed by atoms with Gasteiger partial charge in [0.2, 0.25) is 0 Å². The van der Waals surface area contributed by atoms with Gasteiger partial charge in [-0.25, -0.2) is 4.99 Å². The molecular weight excluding hydrogens is 146 g/mol. The van der Waals surface area contributed by atoms with Crippen LogP contribution in [-0.2, 0) is 9.59 Å². The van der Waals surface area contributed by atoms with Crippen molar-refractivity contribution in [3.05, 3.63) is 12.2 Å². The van der Waals surface area contributed by atoms with Crippen LogP contribution in [0.4, 0.5) is 0 Å². The van der Waals surface area contributed by atoms with Crippen LogP contribution < -0.4 is 0 Å². The molecule has 4 heteroatoms. The van der Waals surface area contributed by atoms with Gasteiger partial charge in [-0.1, -0.05) is 6.08 Å². The first-order chi connectivity index (χ1) is 5.11. The Morgan fingerprint density at radius 1 is 1.73 bits per heavy atom. The summed E-state index contributed by atoms with van der Waals surface area (Å²) in [5, 5.41) is 8.55. The third kappa shape index (κ3) is 1.52. The van der Waals surface area contributed by atoms with Gasteiger partial charge in [-0.15, -0.1) is 0 Å². The number of nitrogens with zero attached hydrogens (tertiary/aromatic N) is 1. The molecule has 1 N–H and O–H groups in total. The van der Waals surface area contributed by atoms with Crippen LogP contribution in [0.3, 0.4) is 0 Å². The molecule has 0 aromatic rings. The predicted molar refractivity (Wildman–Crippen MR) is 38.4 cm³/mol. The van der Waals surface area contributed by atoms with Gasteiger partial charge in [0.05, 0.1) is 0 Å². The Morgan fingerprint density at radius 3 is 2.82 bits per heavy atom. The van der Waals surface area contributed by atoms with Crippen molar-refractivity contribution < 1.29 is 14.7 Å². The van der Waals surface area contributed by atoms with Crippen LogP contribution in [0.5, 0.6) is 0 Å². The van der Waals surface area contributed by atoms with E-state index in [4.69, 9.17) is 5.11 Å². The lowest BCUT2D eigenvalue weighted by molar-refractivity contribution is -0.138. The first kappa shape index (κ1) is 7.65. The van der Waals surface area contributed by atoms with Crippen LogP contribution in [0, 0.1) is 5.92 Å². The van der Waals surface area contributed by atoms with E-state index in [1.54, 1.807) is 0 Å². The number of carboxylic acid groups (broad SMARTS) is 1. The largest absolute Gasteiger partial charge is 0.481 e. The van der Waals surface area contributed by atoms with Gasteiger partial charge in [-0.3, -0.25) is 9.59 Å². The van der Waals surface area contributed by atoms with Gasteiger partial charge in [0, 0.05) is 11.8 Å². The number of dihydropyridines is 1. The van der Waals surface area contributed by atoms with E-state index in [0.29, 0.717) is 5.71 Å². The van der Waals surface area contributed by atoms with E-state index in [9.17, 15) is 9.59 Å². The van der Waals surface area contributed by atoms with Crippen LogP contribution >= 0.6 is 0 Å². The van der Waals surface area contributed by atoms with Crippen molar-refractivity contribution in [2.24, 2.45) is 10.9 Å². The Balaban J connectivity index is 2.88. The van der Waals surface area contributed by atoms with Crippen LogP contribution in [-0.4, -0.2) is 22.7 Å². The second-order valence-electron chi connectivity index (χ2n) is 2.27. The summed E-state index contributed by atoms with van der Waals surface area (Å²) in [6.45, 7) is 1.53. The van der Waals surface area contributed by atoms with Gasteiger partial charge < -0.3 is 5.11 Å². The number of carbonyl (C=O) groups excluding carboxylic acids is 1. The summed E-state index contributed by atoms with van der Waals surface area (Å²) in [5.41, 5.74) is 0.338. The minimum Gasteiger partial charge on any atom is -0.481 e. The fraction of sp³-hybridized carbons (Fsp3) is 0.286. The molecule has 0 aromatic carbocycles. The number of amides is 1. The highest BCUT2D eigenvalue weighted by atomic mass is 16.4. The SMILES string of the molecule is CC1=NC(=O)C=CC1C(=O)O. The normalized spacial score (nSPS) is 23.2. The minimum atomic E-state index is -0.977. The molecule has 0 fully saturated rings. The van der Waals surface area contributed by atoms with Crippen LogP contribution in [0.2, 0.25) is 0 Å². The Bertz CT molecular complexity index is 265. The Morgan fingerprint density at radius 2 is 2.36 bits per heavy atom. The van der Waals surface area contributed by atoms with E-state index in [-0.39, 0.29) is 5.91 Å². The van der Waals surface area contributed by atoms with E-state index in [2.05, 4.69) is 4.99 Å². The van der Waals surface area contributed by atoms with Crippen LogP contribution in [0.25, 0.3) is 0 Å². The summed E-state index contributed by atoms with van der Waals surface area (Å²) in [4.78, 5) is 24.5. The Kier molecular flexibility index (Phi) is 1.85. The van der Waals surface area contributed by atoms with Crippen molar-refractivity contribution in [2.45, 2.75) is 6.92 Å². The van der Waals surface area contributed by atoms with Gasteiger partial charge in [-0.05, 0) is 6.92 Å². The molecule has 1 aliphatic rings. The summed E-state index contributed by atoms with van der Waals surface area (Å²) < 4.78 is 0. The van der Waals surface area contributed by atoms with Crippen LogP contribution in [0.15, 0.2) is 17.1 Å². The summed E-state index contributed by atoms with van der Waals surface area (Å²) in [6.07, 6.45) is 2.51. The van der Waals surface area contributed by atoms with Crippen molar-refractivity contribution in [3.63, 3.8) is 0 Å². The minimum absolute atomic E-state index is 0.338. The maximum absolute atomic E-state index is 10.6. The number of aliphatic carboxylic acids is 1. The maximum Gasteiger partial charge on any atom is 0.316 e. The lowest BCUT2D eigenvalue weighted by Gasteiger charge is -2.08. The maximum atomic E-state index is 10.6. The highest BCUT2D eigenvalue weighted by Gasteiger charge is 2.21. The van der Waals surface area contributed by atoms with E-state index >= 15 is 0 Å². The van der Waals surface area contributed by atoms with Crippen molar-refractivity contribution in [3.8, 4) is 0 Å². The molecule has 0 saturated carbocycles. The molecule has 0 bridgehead atoms. The molecular formula is C7H7NO3. The highest BCUT2D eigenvalue weighted by molar-refractivity contribution is 6.11. The molecule has 0 aromatic heterocycles. The number of carbonyl (C=O) groups is 2. The van der Waals surface area contributed by atoms with E-state index in [1.165, 1.54) is 19.1 Å². The monoisotopic (exact) mass is 153 g/mol. The molecule has 0 radical (unpaired) electrons. The lowest BCUT2D eigenvalue weighted by atomic mass is 10.0. The molecule has 58 valence electrons. The molecule has 1 rings (SSSR count). The van der Waals surface area contributed by atoms with E-state index < -0.39 is 11.9 Å². The molecule has 1 aliphatic heterocycles. The van der Waals surface area contributed by atoms with Crippen molar-refractivity contribution in [1.29, 1.82) is 0 Å². The first-order valence-corrected chi connectivity index (χ1v) is 3.11. The topological polar surface area (TPSA) is 66.7 Å². The molecule has 11 heavy (non-hydrogen) atoms. The molecule has 0 spiro atoms. The molecule has 4 nitrogen and oxygen atoms in total. The summed E-state index contributed by atoms with van der Waals surface area (Å²) in [6, 6.07) is 0. The van der Waals surface area contributed by atoms with E-state index in [0.717, 1.165) is 0 Å². The Hall–Kier alpha value is -1.45. The summed E-state index contributed by atoms with van der Waals surface area (Å²) in [5.74, 6) is -2.09. The first-order valence-electron chi connectivity index (χ1n) is 3.11. The molecule has 1 atom stereocenters. The van der Waals surface area contributed by atoms with Gasteiger partial charge in [0.1, 0.15) is 5.92 Å². The highest BCUT2D eigenvalue weighted by Crippen LogP contribution is 2.08. The fourth-order valence-electron chi connectivity index (χ4n) is 0.859. The molecule has 1 amide bonds. The zero-order valence-electron chi connectivity index (χ0n) is 5.94. The molecule has 1 heterocycles. The average Bonchev–Trinajstić information content (AvgIpc) is 1.85. The third-order valence-corrected chi connectivity index (χ3v) is 1.43. The van der Waals surface area contributed by atoms with Gasteiger partial charge in [0.15, 0.2) is 0 Å². The van der Waals surface area contributed by atoms with Crippen molar-refractivity contribution >= 4 is 17.6 Å². The smallest absolute Gasteiger partial charge is 0.316 e. The number of hydrogen-bond acceptors (Lipinski definition) is 2. The van der Waals surface area contributed by atoms with Gasteiger partial charge in [0.25, 0.3) is 5.91 Å². The number of hydrogen-bond donors (Lipinski definition) is 1. The van der Waals surface area contributed by atoms with Gasteiger partial charge >= 0.3 is 5.97 Å². The zero-order valence-corrected chi connectivity index (χ0v) is 5.94. The third-order valence-electron chi connectivity index (χ3n) is 1.43. The molecule has 0 aliphatic carbocycles. The predicted octanol–water partition coefficient (Wildman–Crippen LogP) is 0.244. The number of rotatable bonds is 1. The van der Waals surface area contributed by atoms with Crippen molar-refractivity contribution in [2.75, 3.05) is 0 Å². The van der Waals surface area contributed by atoms with Gasteiger partial charge in [-0.2, -0.15) is 0 Å². The van der Waals surface area contributed by atoms with E-state index in [1.807, 2.05) is 0 Å². The zero-order chi connectivity index (χ0) is 8.43. The fourth-order valence-corrected chi connectivity index (χ4v) is 0.859. The Labute approximate surface area is 63.2 Å². The van der Waals surface area contributed by atoms with Crippen LogP contribution in [0.1, 0.15) is 6.92 Å². The number of carboxylic acids is 1. The lowest BCUT2D eigenvalue weighted by Crippen LogP contribution is -2.23. The van der Waals surface area contributed by atoms with Crippen molar-refractivity contribution in [1.82, 2.24) is 0 Å². The number of aliphatic imine (C=N–C) groups is 1.